The third kappa shape index (κ3) is 4.42. The number of nitrogens with zero attached hydrogens (tertiary/aromatic N) is 1. The van der Waals surface area contributed by atoms with Crippen molar-refractivity contribution >= 4 is 11.6 Å². The molecule has 0 atom stereocenters. The van der Waals surface area contributed by atoms with Gasteiger partial charge in [-0.1, -0.05) is 53.8 Å². The molecule has 0 saturated carbocycles. The van der Waals surface area contributed by atoms with E-state index in [2.05, 4.69) is 17.9 Å². The monoisotopic (exact) mass is 343 g/mol. The van der Waals surface area contributed by atoms with E-state index in [0.717, 1.165) is 16.7 Å². The van der Waals surface area contributed by atoms with E-state index in [1.54, 1.807) is 12.1 Å². The maximum Gasteiger partial charge on any atom is 0.137 e. The fourth-order valence-corrected chi connectivity index (χ4v) is 2.41. The van der Waals surface area contributed by atoms with Crippen LogP contribution in [0.3, 0.4) is 0 Å². The molecule has 0 saturated heterocycles. The lowest BCUT2D eigenvalue weighted by Crippen LogP contribution is -1.99. The molecule has 0 heterocycles. The highest BCUT2D eigenvalue weighted by atomic mass is 35.5. The Kier molecular flexibility index (Phi) is 5.37. The molecule has 0 radical (unpaired) electrons. The minimum atomic E-state index is 0.351. The largest absolute Gasteiger partial charge is 0.487 e. The van der Waals surface area contributed by atoms with Gasteiger partial charge in [0.2, 0.25) is 0 Å². The Balaban J connectivity index is 1.80. The quantitative estimate of drug-likeness (QED) is 0.613. The van der Waals surface area contributed by atoms with Crippen LogP contribution in [0.2, 0.25) is 5.02 Å². The third-order valence-electron chi connectivity index (χ3n) is 3.59. The number of hydrogen-bond acceptors (Lipinski definition) is 2. The first-order valence-corrected chi connectivity index (χ1v) is 8.11. The number of para-hydroxylation sites is 1. The molecule has 3 rings (SSSR count). The lowest BCUT2D eigenvalue weighted by molar-refractivity contribution is 0.305. The average molecular weight is 344 g/mol. The summed E-state index contributed by atoms with van der Waals surface area (Å²) < 4.78 is 5.81. The van der Waals surface area contributed by atoms with Crippen molar-refractivity contribution in [3.8, 4) is 23.7 Å². The van der Waals surface area contributed by atoms with Crippen molar-refractivity contribution in [1.29, 1.82) is 5.26 Å². The van der Waals surface area contributed by atoms with E-state index in [1.165, 1.54) is 0 Å². The van der Waals surface area contributed by atoms with Crippen LogP contribution in [-0.4, -0.2) is 0 Å². The smallest absolute Gasteiger partial charge is 0.137 e. The van der Waals surface area contributed by atoms with Crippen LogP contribution >= 0.6 is 11.6 Å². The van der Waals surface area contributed by atoms with Crippen molar-refractivity contribution in [2.45, 2.75) is 6.61 Å². The van der Waals surface area contributed by atoms with Crippen LogP contribution in [-0.2, 0) is 6.61 Å². The number of halogens is 1. The van der Waals surface area contributed by atoms with Crippen molar-refractivity contribution in [3.05, 3.63) is 100 Å². The number of hydrogen-bond donors (Lipinski definition) is 0. The maximum absolute atomic E-state index is 9.14. The molecule has 0 unspecified atom stereocenters. The Bertz CT molecular complexity index is 975. The molecule has 0 aliphatic heterocycles. The zero-order valence-corrected chi connectivity index (χ0v) is 14.1. The molecule has 0 aliphatic rings. The van der Waals surface area contributed by atoms with Crippen LogP contribution in [0.1, 0.15) is 22.3 Å². The second-order valence-electron chi connectivity index (χ2n) is 5.31. The number of benzene rings is 3. The molecule has 25 heavy (non-hydrogen) atoms. The van der Waals surface area contributed by atoms with Gasteiger partial charge in [-0.25, -0.2) is 0 Å². The van der Waals surface area contributed by atoms with E-state index < -0.39 is 0 Å². The summed E-state index contributed by atoms with van der Waals surface area (Å²) in [5.74, 6) is 6.88. The number of ether oxygens (including phenoxy) is 1. The van der Waals surface area contributed by atoms with Crippen LogP contribution in [0.4, 0.5) is 0 Å². The molecule has 0 fully saturated rings. The van der Waals surface area contributed by atoms with Gasteiger partial charge in [0.05, 0.1) is 5.56 Å². The van der Waals surface area contributed by atoms with Crippen molar-refractivity contribution in [3.63, 3.8) is 0 Å². The zero-order chi connectivity index (χ0) is 17.5. The fourth-order valence-electron chi connectivity index (χ4n) is 2.28. The normalized spacial score (nSPS) is 9.60. The Hall–Kier alpha value is -3.20. The minimum absolute atomic E-state index is 0.351. The first-order valence-electron chi connectivity index (χ1n) is 7.74. The zero-order valence-electron chi connectivity index (χ0n) is 13.4. The van der Waals surface area contributed by atoms with Crippen LogP contribution in [0, 0.1) is 23.2 Å². The van der Waals surface area contributed by atoms with Crippen molar-refractivity contribution in [2.24, 2.45) is 0 Å². The predicted octanol–water partition coefficient (Wildman–Crippen LogP) is 5.19. The molecule has 120 valence electrons. The topological polar surface area (TPSA) is 33.0 Å². The van der Waals surface area contributed by atoms with Gasteiger partial charge < -0.3 is 4.74 Å². The van der Waals surface area contributed by atoms with Crippen LogP contribution in [0.5, 0.6) is 5.75 Å². The Morgan fingerprint density at radius 1 is 0.800 bits per heavy atom. The van der Waals surface area contributed by atoms with Crippen molar-refractivity contribution in [2.75, 3.05) is 0 Å². The van der Waals surface area contributed by atoms with Crippen LogP contribution in [0.15, 0.2) is 72.8 Å². The van der Waals surface area contributed by atoms with Gasteiger partial charge in [-0.05, 0) is 42.5 Å². The van der Waals surface area contributed by atoms with E-state index in [9.17, 15) is 0 Å². The van der Waals surface area contributed by atoms with Gasteiger partial charge in [-0.15, -0.1) is 0 Å². The molecule has 2 nitrogen and oxygen atoms in total. The van der Waals surface area contributed by atoms with E-state index in [1.807, 2.05) is 60.7 Å². The summed E-state index contributed by atoms with van der Waals surface area (Å²) in [6.07, 6.45) is 0. The first kappa shape index (κ1) is 16.7. The van der Waals surface area contributed by atoms with Gasteiger partial charge in [0.15, 0.2) is 0 Å². The Morgan fingerprint density at radius 3 is 2.24 bits per heavy atom. The highest BCUT2D eigenvalue weighted by molar-refractivity contribution is 6.30. The standard InChI is InChI=1S/C22H14ClNO/c23-21-13-10-17(11-14-21)9-12-18-5-1-2-7-20(18)16-25-22-8-4-3-6-19(22)15-24/h1-8,10-11,13-14H,16H2. The molecular weight excluding hydrogens is 330 g/mol. The number of rotatable bonds is 3. The minimum Gasteiger partial charge on any atom is -0.487 e. The van der Waals surface area contributed by atoms with Gasteiger partial charge >= 0.3 is 0 Å². The summed E-state index contributed by atoms with van der Waals surface area (Å²) >= 11 is 5.89. The molecule has 0 N–H and O–H groups in total. The molecule has 0 aliphatic carbocycles. The maximum atomic E-state index is 9.14. The third-order valence-corrected chi connectivity index (χ3v) is 3.85. The fraction of sp³-hybridized carbons (Fsp3) is 0.0455. The van der Waals surface area contributed by atoms with Gasteiger partial charge in [0, 0.05) is 21.7 Å². The summed E-state index contributed by atoms with van der Waals surface area (Å²) in [7, 11) is 0. The molecule has 0 bridgehead atoms. The number of nitriles is 1. The van der Waals surface area contributed by atoms with Gasteiger partial charge in [-0.3, -0.25) is 0 Å². The molecule has 3 heteroatoms. The Morgan fingerprint density at radius 2 is 1.48 bits per heavy atom. The second-order valence-corrected chi connectivity index (χ2v) is 5.75. The van der Waals surface area contributed by atoms with Crippen molar-refractivity contribution in [1.82, 2.24) is 0 Å². The van der Waals surface area contributed by atoms with E-state index in [-0.39, 0.29) is 0 Å². The van der Waals surface area contributed by atoms with Crippen LogP contribution in [0.25, 0.3) is 0 Å². The Labute approximate surface area is 152 Å². The molecular formula is C22H14ClNO. The summed E-state index contributed by atoms with van der Waals surface area (Å²) in [5, 5.41) is 9.83. The lowest BCUT2D eigenvalue weighted by Gasteiger charge is -2.09. The molecule has 3 aromatic carbocycles. The lowest BCUT2D eigenvalue weighted by atomic mass is 10.1. The highest BCUT2D eigenvalue weighted by Gasteiger charge is 2.04. The SMILES string of the molecule is N#Cc1ccccc1OCc1ccccc1C#Cc1ccc(Cl)cc1. The average Bonchev–Trinajstić information content (AvgIpc) is 2.67. The molecule has 3 aromatic rings. The predicted molar refractivity (Wildman–Crippen MR) is 99.4 cm³/mol. The van der Waals surface area contributed by atoms with Crippen LogP contribution < -0.4 is 4.74 Å². The molecule has 0 amide bonds. The van der Waals surface area contributed by atoms with E-state index >= 15 is 0 Å². The summed E-state index contributed by atoms with van der Waals surface area (Å²) in [6, 6.07) is 24.6. The van der Waals surface area contributed by atoms with Gasteiger partial charge in [0.25, 0.3) is 0 Å². The van der Waals surface area contributed by atoms with E-state index in [4.69, 9.17) is 21.6 Å². The highest BCUT2D eigenvalue weighted by Crippen LogP contribution is 2.19. The van der Waals surface area contributed by atoms with Gasteiger partial charge in [0.1, 0.15) is 18.4 Å². The first-order chi connectivity index (χ1) is 12.3. The molecule has 0 spiro atoms. The summed E-state index contributed by atoms with van der Waals surface area (Å²) in [5.41, 5.74) is 3.28. The summed E-state index contributed by atoms with van der Waals surface area (Å²) in [4.78, 5) is 0. The molecule has 0 aromatic heterocycles. The second kappa shape index (κ2) is 8.06. The summed E-state index contributed by atoms with van der Waals surface area (Å²) in [6.45, 7) is 0.351. The van der Waals surface area contributed by atoms with E-state index in [0.29, 0.717) is 22.9 Å². The van der Waals surface area contributed by atoms with Gasteiger partial charge in [-0.2, -0.15) is 5.26 Å². The van der Waals surface area contributed by atoms with Crippen molar-refractivity contribution < 1.29 is 4.74 Å².